The van der Waals surface area contributed by atoms with E-state index in [2.05, 4.69) is 0 Å². The highest BCUT2D eigenvalue weighted by atomic mass is 35.5. The summed E-state index contributed by atoms with van der Waals surface area (Å²) in [4.78, 5) is 40.3. The number of amides is 3. The first kappa shape index (κ1) is 17.2. The SMILES string of the molecule is CN(Cc1ccc(F)cc1Cl)C(=O)CN1C(=O)[C@@H]2[C@H](C1=O)[C@H]1C=C[C@H]2C1. The Morgan fingerprint density at radius 2 is 1.85 bits per heavy atom. The molecular formula is C19H18ClFN2O3. The van der Waals surface area contributed by atoms with E-state index in [1.807, 2.05) is 12.2 Å². The summed E-state index contributed by atoms with van der Waals surface area (Å²) in [6.45, 7) is -0.0900. The molecule has 0 N–H and O–H groups in total. The third kappa shape index (κ3) is 2.63. The highest BCUT2D eigenvalue weighted by Gasteiger charge is 2.59. The fourth-order valence-electron chi connectivity index (χ4n) is 4.37. The Labute approximate surface area is 155 Å². The maximum atomic E-state index is 13.1. The smallest absolute Gasteiger partial charge is 0.242 e. The number of likely N-dealkylation sites (tertiary alicyclic amines) is 1. The zero-order valence-corrected chi connectivity index (χ0v) is 14.9. The standard InChI is InChI=1S/C19H18ClFN2O3/c1-22(8-12-4-5-13(21)7-14(12)20)15(24)9-23-18(25)16-10-2-3-11(6-10)17(16)19(23)26/h2-5,7,10-11,16-17H,6,8-9H2,1H3/t10-,11-,16-,17+/m0/s1. The molecule has 136 valence electrons. The van der Waals surface area contributed by atoms with E-state index in [0.29, 0.717) is 5.56 Å². The number of halogens is 2. The number of carbonyl (C=O) groups is 3. The van der Waals surface area contributed by atoms with Gasteiger partial charge in [0.2, 0.25) is 17.7 Å². The molecule has 3 aliphatic rings. The zero-order valence-electron chi connectivity index (χ0n) is 14.2. The molecule has 0 aromatic heterocycles. The molecule has 2 bridgehead atoms. The molecule has 0 spiro atoms. The minimum Gasteiger partial charge on any atom is -0.340 e. The van der Waals surface area contributed by atoms with E-state index in [0.717, 1.165) is 11.3 Å². The summed E-state index contributed by atoms with van der Waals surface area (Å²) in [6.07, 6.45) is 4.90. The van der Waals surface area contributed by atoms with Crippen LogP contribution in [-0.4, -0.2) is 41.1 Å². The second-order valence-corrected chi connectivity index (χ2v) is 7.66. The molecule has 4 atom stereocenters. The molecule has 1 aromatic rings. The van der Waals surface area contributed by atoms with Gasteiger partial charge in [0.05, 0.1) is 11.8 Å². The number of fused-ring (bicyclic) bond motifs is 5. The topological polar surface area (TPSA) is 57.7 Å². The average Bonchev–Trinajstić information content (AvgIpc) is 3.27. The van der Waals surface area contributed by atoms with Gasteiger partial charge in [-0.2, -0.15) is 0 Å². The number of likely N-dealkylation sites (N-methyl/N-ethyl adjacent to an activating group) is 1. The molecule has 7 heteroatoms. The molecule has 3 amide bonds. The van der Waals surface area contributed by atoms with Gasteiger partial charge in [0.15, 0.2) is 0 Å². The molecule has 1 aliphatic heterocycles. The van der Waals surface area contributed by atoms with Crippen LogP contribution in [0.2, 0.25) is 5.02 Å². The molecular weight excluding hydrogens is 359 g/mol. The Bertz CT molecular complexity index is 810. The number of hydrogen-bond donors (Lipinski definition) is 0. The molecule has 26 heavy (non-hydrogen) atoms. The summed E-state index contributed by atoms with van der Waals surface area (Å²) in [5.41, 5.74) is 0.599. The Kier molecular flexibility index (Phi) is 4.10. The van der Waals surface area contributed by atoms with Gasteiger partial charge in [-0.15, -0.1) is 0 Å². The molecule has 4 rings (SSSR count). The Morgan fingerprint density at radius 3 is 2.42 bits per heavy atom. The monoisotopic (exact) mass is 376 g/mol. The van der Waals surface area contributed by atoms with Crippen LogP contribution in [0.1, 0.15) is 12.0 Å². The lowest BCUT2D eigenvalue weighted by atomic mass is 9.85. The quantitative estimate of drug-likeness (QED) is 0.598. The number of imide groups is 1. The van der Waals surface area contributed by atoms with Crippen molar-refractivity contribution in [2.45, 2.75) is 13.0 Å². The summed E-state index contributed by atoms with van der Waals surface area (Å²) in [5.74, 6) is -1.64. The summed E-state index contributed by atoms with van der Waals surface area (Å²) in [6, 6.07) is 3.98. The highest BCUT2D eigenvalue weighted by molar-refractivity contribution is 6.31. The number of allylic oxidation sites excluding steroid dienone is 2. The first-order chi connectivity index (χ1) is 12.4. The predicted octanol–water partition coefficient (Wildman–Crippen LogP) is 2.24. The summed E-state index contributed by atoms with van der Waals surface area (Å²) in [7, 11) is 1.57. The van der Waals surface area contributed by atoms with Crippen LogP contribution in [0.5, 0.6) is 0 Å². The van der Waals surface area contributed by atoms with Crippen LogP contribution in [0, 0.1) is 29.5 Å². The number of nitrogens with zero attached hydrogens (tertiary/aromatic N) is 2. The van der Waals surface area contributed by atoms with E-state index in [-0.39, 0.29) is 59.5 Å². The van der Waals surface area contributed by atoms with E-state index in [1.54, 1.807) is 7.05 Å². The van der Waals surface area contributed by atoms with E-state index < -0.39 is 5.82 Å². The maximum Gasteiger partial charge on any atom is 0.242 e. The van der Waals surface area contributed by atoms with Crippen molar-refractivity contribution in [1.29, 1.82) is 0 Å². The van der Waals surface area contributed by atoms with Gasteiger partial charge in [0.25, 0.3) is 0 Å². The fraction of sp³-hybridized carbons (Fsp3) is 0.421. The van der Waals surface area contributed by atoms with Crippen LogP contribution in [-0.2, 0) is 20.9 Å². The largest absolute Gasteiger partial charge is 0.340 e. The van der Waals surface area contributed by atoms with Crippen molar-refractivity contribution >= 4 is 29.3 Å². The van der Waals surface area contributed by atoms with E-state index >= 15 is 0 Å². The second kappa shape index (κ2) is 6.20. The van der Waals surface area contributed by atoms with Gasteiger partial charge in [0.1, 0.15) is 12.4 Å². The normalized spacial score (nSPS) is 28.8. The van der Waals surface area contributed by atoms with Crippen LogP contribution >= 0.6 is 11.6 Å². The Morgan fingerprint density at radius 1 is 1.23 bits per heavy atom. The highest BCUT2D eigenvalue weighted by Crippen LogP contribution is 2.52. The minimum atomic E-state index is -0.448. The Hall–Kier alpha value is -2.21. The molecule has 0 radical (unpaired) electrons. The summed E-state index contributed by atoms with van der Waals surface area (Å²) in [5, 5.41) is 0.232. The van der Waals surface area contributed by atoms with Crippen molar-refractivity contribution < 1.29 is 18.8 Å². The lowest BCUT2D eigenvalue weighted by Crippen LogP contribution is -2.42. The van der Waals surface area contributed by atoms with Crippen LogP contribution < -0.4 is 0 Å². The first-order valence-electron chi connectivity index (χ1n) is 8.58. The van der Waals surface area contributed by atoms with Gasteiger partial charge >= 0.3 is 0 Å². The van der Waals surface area contributed by atoms with Crippen LogP contribution in [0.4, 0.5) is 4.39 Å². The van der Waals surface area contributed by atoms with Gasteiger partial charge in [-0.25, -0.2) is 4.39 Å². The van der Waals surface area contributed by atoms with E-state index in [1.165, 1.54) is 23.1 Å². The van der Waals surface area contributed by atoms with Crippen molar-refractivity contribution in [3.8, 4) is 0 Å². The van der Waals surface area contributed by atoms with Crippen LogP contribution in [0.25, 0.3) is 0 Å². The number of hydrogen-bond acceptors (Lipinski definition) is 3. The Balaban J connectivity index is 1.43. The predicted molar refractivity (Wildman–Crippen MR) is 92.3 cm³/mol. The van der Waals surface area contributed by atoms with Crippen LogP contribution in [0.15, 0.2) is 30.4 Å². The summed E-state index contributed by atoms with van der Waals surface area (Å²) < 4.78 is 13.1. The number of benzene rings is 1. The lowest BCUT2D eigenvalue weighted by Gasteiger charge is -2.22. The first-order valence-corrected chi connectivity index (χ1v) is 8.96. The van der Waals surface area contributed by atoms with Crippen molar-refractivity contribution in [3.63, 3.8) is 0 Å². The van der Waals surface area contributed by atoms with Gasteiger partial charge in [0, 0.05) is 18.6 Å². The molecule has 2 aliphatic carbocycles. The van der Waals surface area contributed by atoms with Gasteiger partial charge in [-0.1, -0.05) is 29.8 Å². The number of carbonyl (C=O) groups excluding carboxylic acids is 3. The maximum absolute atomic E-state index is 13.1. The second-order valence-electron chi connectivity index (χ2n) is 7.25. The van der Waals surface area contributed by atoms with Crippen molar-refractivity contribution in [2.75, 3.05) is 13.6 Å². The lowest BCUT2D eigenvalue weighted by molar-refractivity contribution is -0.146. The third-order valence-electron chi connectivity index (χ3n) is 5.70. The third-order valence-corrected chi connectivity index (χ3v) is 6.06. The molecule has 0 unspecified atom stereocenters. The molecule has 1 aromatic carbocycles. The molecule has 1 saturated carbocycles. The van der Waals surface area contributed by atoms with Crippen molar-refractivity contribution in [3.05, 3.63) is 46.8 Å². The molecule has 2 fully saturated rings. The average molecular weight is 377 g/mol. The van der Waals surface area contributed by atoms with Crippen molar-refractivity contribution in [1.82, 2.24) is 9.80 Å². The van der Waals surface area contributed by atoms with Gasteiger partial charge in [-0.3, -0.25) is 19.3 Å². The molecule has 5 nitrogen and oxygen atoms in total. The van der Waals surface area contributed by atoms with Crippen LogP contribution in [0.3, 0.4) is 0 Å². The van der Waals surface area contributed by atoms with Crippen molar-refractivity contribution in [2.24, 2.45) is 23.7 Å². The minimum absolute atomic E-state index is 0.123. The van der Waals surface area contributed by atoms with Gasteiger partial charge in [-0.05, 0) is 36.0 Å². The van der Waals surface area contributed by atoms with E-state index in [4.69, 9.17) is 11.6 Å². The number of rotatable bonds is 4. The molecule has 1 heterocycles. The molecule has 1 saturated heterocycles. The zero-order chi connectivity index (χ0) is 18.6. The summed E-state index contributed by atoms with van der Waals surface area (Å²) >= 11 is 6.00. The fourth-order valence-corrected chi connectivity index (χ4v) is 4.60. The van der Waals surface area contributed by atoms with Gasteiger partial charge < -0.3 is 4.90 Å². The van der Waals surface area contributed by atoms with E-state index in [9.17, 15) is 18.8 Å².